The number of nitrogens with two attached hydrogens (primary N) is 1. The van der Waals surface area contributed by atoms with Gasteiger partial charge in [0.05, 0.1) is 42.2 Å². The van der Waals surface area contributed by atoms with Gasteiger partial charge in [0.25, 0.3) is 5.91 Å². The average Bonchev–Trinajstić information content (AvgIpc) is 3.72. The number of amides is 2. The Morgan fingerprint density at radius 1 is 1.02 bits per heavy atom. The lowest BCUT2D eigenvalue weighted by atomic mass is 10.0. The summed E-state index contributed by atoms with van der Waals surface area (Å²) in [7, 11) is 3.09. The number of ketones is 1. The summed E-state index contributed by atoms with van der Waals surface area (Å²) in [6.07, 6.45) is 1.49. The lowest BCUT2D eigenvalue weighted by Crippen LogP contribution is -2.20. The van der Waals surface area contributed by atoms with Crippen molar-refractivity contribution in [1.29, 1.82) is 0 Å². The number of ether oxygens (including phenoxy) is 2. The Morgan fingerprint density at radius 2 is 1.77 bits per heavy atom. The monoisotopic (exact) mass is 660 g/mol. The second kappa shape index (κ2) is 14.0. The Kier molecular flexibility index (Phi) is 9.89. The smallest absolute Gasteiger partial charge is 0.303 e. The molecule has 2 amide bonds. The molecule has 0 radical (unpaired) electrons. The first-order valence-corrected chi connectivity index (χ1v) is 15.9. The van der Waals surface area contributed by atoms with Crippen LogP contribution in [0.25, 0.3) is 21.1 Å². The Labute approximate surface area is 274 Å². The number of anilines is 1. The van der Waals surface area contributed by atoms with Gasteiger partial charge in [-0.3, -0.25) is 29.2 Å². The number of thiophene rings is 1. The molecule has 3 aromatic heterocycles. The molecule has 13 nitrogen and oxygen atoms in total. The molecular weight excluding hydrogens is 624 g/mol. The molecule has 0 aliphatic heterocycles. The number of aryl methyl sites for hydroxylation is 4. The van der Waals surface area contributed by atoms with Crippen LogP contribution in [0.5, 0.6) is 11.5 Å². The zero-order valence-electron chi connectivity index (χ0n) is 26.6. The quantitative estimate of drug-likeness (QED) is 0.100. The normalized spacial score (nSPS) is 11.2. The number of nitrogens with zero attached hydrogens (tertiary/aromatic N) is 4. The highest BCUT2D eigenvalue weighted by Crippen LogP contribution is 2.40. The first-order valence-electron chi connectivity index (χ1n) is 15.1. The van der Waals surface area contributed by atoms with Gasteiger partial charge in [0.15, 0.2) is 17.3 Å². The van der Waals surface area contributed by atoms with Crippen molar-refractivity contribution in [1.82, 2.24) is 19.3 Å². The zero-order valence-corrected chi connectivity index (χ0v) is 27.4. The van der Waals surface area contributed by atoms with Crippen molar-refractivity contribution in [2.45, 2.75) is 59.0 Å². The van der Waals surface area contributed by atoms with Crippen molar-refractivity contribution in [2.24, 2.45) is 5.73 Å². The van der Waals surface area contributed by atoms with Crippen LogP contribution in [0.1, 0.15) is 74.4 Å². The minimum atomic E-state index is -1.03. The van der Waals surface area contributed by atoms with E-state index in [9.17, 15) is 19.2 Å². The number of primary amides is 1. The number of imidazole rings is 1. The Morgan fingerprint density at radius 3 is 2.45 bits per heavy atom. The largest absolute Gasteiger partial charge is 0.493 e. The predicted octanol–water partition coefficient (Wildman–Crippen LogP) is 5.21. The lowest BCUT2D eigenvalue weighted by Gasteiger charge is -2.11. The number of Topliss-reactive ketones (excluding diaryl/α,β-unsaturated/α-hetero) is 1. The maximum atomic E-state index is 13.3. The van der Waals surface area contributed by atoms with E-state index in [0.717, 1.165) is 21.3 Å². The van der Waals surface area contributed by atoms with Crippen molar-refractivity contribution in [3.05, 3.63) is 63.8 Å². The van der Waals surface area contributed by atoms with Crippen molar-refractivity contribution in [3.63, 3.8) is 0 Å². The molecule has 5 rings (SSSR count). The Hall–Kier alpha value is -5.24. The third kappa shape index (κ3) is 6.97. The SMILES string of the molecule is CCn1nc(C)cc1C(=O)Nc1nc2cc(C(N)=O)ccc2n1CCCCc1c(C(=O)CCC(=O)O)sc2cc(OC)c(OC)cc12. The topological polar surface area (TPSA) is 181 Å². The maximum absolute atomic E-state index is 13.3. The molecule has 0 atom stereocenters. The summed E-state index contributed by atoms with van der Waals surface area (Å²) in [6.45, 7) is 4.71. The Balaban J connectivity index is 1.43. The number of benzene rings is 2. The molecule has 0 bridgehead atoms. The fourth-order valence-electron chi connectivity index (χ4n) is 5.59. The molecule has 0 unspecified atom stereocenters. The lowest BCUT2D eigenvalue weighted by molar-refractivity contribution is -0.136. The van der Waals surface area contributed by atoms with Crippen molar-refractivity contribution >= 4 is 62.0 Å². The summed E-state index contributed by atoms with van der Waals surface area (Å²) in [5.74, 6) is -0.816. The van der Waals surface area contributed by atoms with Crippen LogP contribution >= 0.6 is 11.3 Å². The molecule has 0 saturated carbocycles. The van der Waals surface area contributed by atoms with E-state index in [4.69, 9.17) is 20.3 Å². The molecule has 14 heteroatoms. The van der Waals surface area contributed by atoms with Gasteiger partial charge >= 0.3 is 5.97 Å². The van der Waals surface area contributed by atoms with E-state index in [0.29, 0.717) is 77.0 Å². The average molecular weight is 661 g/mol. The number of unbranched alkanes of at least 4 members (excludes halogenated alkanes) is 1. The molecule has 2 aromatic carbocycles. The number of methoxy groups -OCH3 is 2. The van der Waals surface area contributed by atoms with E-state index in [1.165, 1.54) is 11.3 Å². The van der Waals surface area contributed by atoms with Crippen LogP contribution < -0.4 is 20.5 Å². The van der Waals surface area contributed by atoms with E-state index in [1.807, 2.05) is 30.5 Å². The number of nitrogens with one attached hydrogen (secondary N) is 1. The predicted molar refractivity (Wildman–Crippen MR) is 178 cm³/mol. The molecule has 0 aliphatic rings. The van der Waals surface area contributed by atoms with Crippen LogP contribution in [0.2, 0.25) is 0 Å². The van der Waals surface area contributed by atoms with Crippen LogP contribution in [0.4, 0.5) is 5.95 Å². The fraction of sp³-hybridized carbons (Fsp3) is 0.333. The summed E-state index contributed by atoms with van der Waals surface area (Å²) in [4.78, 5) is 54.7. The number of carboxylic acid groups (broad SMARTS) is 1. The van der Waals surface area contributed by atoms with E-state index < -0.39 is 11.9 Å². The first kappa shape index (κ1) is 33.1. The van der Waals surface area contributed by atoms with Gasteiger partial charge in [0, 0.05) is 41.2 Å². The van der Waals surface area contributed by atoms with Gasteiger partial charge in [-0.25, -0.2) is 4.98 Å². The highest BCUT2D eigenvalue weighted by atomic mass is 32.1. The number of carbonyl (C=O) groups is 4. The molecule has 0 fully saturated rings. The van der Waals surface area contributed by atoms with Crippen LogP contribution in [0.3, 0.4) is 0 Å². The number of hydrogen-bond acceptors (Lipinski definition) is 9. The number of aliphatic carboxylic acids is 1. The number of aromatic nitrogens is 4. The minimum absolute atomic E-state index is 0.0999. The van der Waals surface area contributed by atoms with Crippen LogP contribution in [-0.2, 0) is 24.3 Å². The Bertz CT molecular complexity index is 2010. The van der Waals surface area contributed by atoms with Gasteiger partial charge in [-0.1, -0.05) is 0 Å². The van der Waals surface area contributed by atoms with E-state index in [-0.39, 0.29) is 24.5 Å². The summed E-state index contributed by atoms with van der Waals surface area (Å²) >= 11 is 1.32. The van der Waals surface area contributed by atoms with Crippen molar-refractivity contribution in [3.8, 4) is 11.5 Å². The van der Waals surface area contributed by atoms with Crippen molar-refractivity contribution < 1.29 is 33.8 Å². The van der Waals surface area contributed by atoms with E-state index in [2.05, 4.69) is 15.4 Å². The standard InChI is InChI=1S/C33H36N6O7S/c1-5-39-24(14-18(2)37-39)32(44)36-33-35-22-15-19(31(34)43)9-10-23(22)38(33)13-7-6-8-20-21-16-26(45-3)27(46-4)17-28(21)47-30(20)25(40)11-12-29(41)42/h9-10,14-17H,5-8,11-13H2,1-4H3,(H2,34,43)(H,41,42)(H,35,36,44). The fourth-order valence-corrected chi connectivity index (χ4v) is 6.82. The van der Waals surface area contributed by atoms with Gasteiger partial charge in [-0.05, 0) is 69.0 Å². The molecule has 47 heavy (non-hydrogen) atoms. The second-order valence-corrected chi connectivity index (χ2v) is 12.0. The summed E-state index contributed by atoms with van der Waals surface area (Å²) in [6, 6.07) is 10.4. The van der Waals surface area contributed by atoms with Gasteiger partial charge < -0.3 is 24.9 Å². The first-order chi connectivity index (χ1) is 22.5. The van der Waals surface area contributed by atoms with Crippen molar-refractivity contribution in [2.75, 3.05) is 19.5 Å². The highest BCUT2D eigenvalue weighted by Gasteiger charge is 2.22. The summed E-state index contributed by atoms with van der Waals surface area (Å²) in [5, 5.41) is 17.3. The number of fused-ring (bicyclic) bond motifs is 2. The van der Waals surface area contributed by atoms with Gasteiger partial charge in [-0.15, -0.1) is 11.3 Å². The summed E-state index contributed by atoms with van der Waals surface area (Å²) < 4.78 is 15.3. The molecule has 3 heterocycles. The zero-order chi connectivity index (χ0) is 33.8. The molecule has 0 aliphatic carbocycles. The third-order valence-electron chi connectivity index (χ3n) is 7.87. The number of carbonyl (C=O) groups excluding carboxylic acids is 3. The van der Waals surface area contributed by atoms with Gasteiger partial charge in [0.1, 0.15) is 5.69 Å². The molecular formula is C33H36N6O7S. The second-order valence-electron chi connectivity index (χ2n) is 11.0. The molecule has 5 aromatic rings. The molecule has 0 saturated heterocycles. The third-order valence-corrected chi connectivity index (χ3v) is 9.10. The van der Waals surface area contributed by atoms with Crippen LogP contribution in [0.15, 0.2) is 36.4 Å². The number of rotatable bonds is 15. The van der Waals surface area contributed by atoms with Crippen LogP contribution in [0, 0.1) is 6.92 Å². The number of carboxylic acids is 1. The van der Waals surface area contributed by atoms with E-state index in [1.54, 1.807) is 43.2 Å². The van der Waals surface area contributed by atoms with E-state index >= 15 is 0 Å². The number of hydrogen-bond donors (Lipinski definition) is 3. The highest BCUT2D eigenvalue weighted by molar-refractivity contribution is 7.21. The molecule has 0 spiro atoms. The van der Waals surface area contributed by atoms with Gasteiger partial charge in [-0.2, -0.15) is 5.10 Å². The van der Waals surface area contributed by atoms with Crippen LogP contribution in [-0.4, -0.2) is 62.2 Å². The minimum Gasteiger partial charge on any atom is -0.493 e. The van der Waals surface area contributed by atoms with Gasteiger partial charge in [0.2, 0.25) is 11.9 Å². The summed E-state index contributed by atoms with van der Waals surface area (Å²) in [5.41, 5.74) is 8.98. The maximum Gasteiger partial charge on any atom is 0.303 e. The molecule has 4 N–H and O–H groups in total. The molecule has 246 valence electrons.